The fourth-order valence-electron chi connectivity index (χ4n) is 4.23. The summed E-state index contributed by atoms with van der Waals surface area (Å²) in [4.78, 5) is 9.17. The number of aromatic nitrogens is 1. The topological polar surface area (TPSA) is 73.7 Å². The van der Waals surface area contributed by atoms with Crippen LogP contribution in [0.3, 0.4) is 0 Å². The van der Waals surface area contributed by atoms with Gasteiger partial charge in [-0.25, -0.2) is 4.98 Å². The monoisotopic (exact) mass is 381 g/mol. The predicted molar refractivity (Wildman–Crippen MR) is 109 cm³/mol. The van der Waals surface area contributed by atoms with Gasteiger partial charge in [-0.3, -0.25) is 4.90 Å². The van der Waals surface area contributed by atoms with Crippen molar-refractivity contribution >= 4 is 16.6 Å². The highest BCUT2D eigenvalue weighted by Crippen LogP contribution is 2.36. The molecular weight excluding hydrogens is 354 g/mol. The van der Waals surface area contributed by atoms with Crippen molar-refractivity contribution in [3.63, 3.8) is 0 Å². The minimum atomic E-state index is -0.148. The lowest BCUT2D eigenvalue weighted by atomic mass is 10.1. The second-order valence-corrected chi connectivity index (χ2v) is 7.72. The molecule has 0 bridgehead atoms. The van der Waals surface area contributed by atoms with E-state index in [0.717, 1.165) is 49.3 Å². The molecule has 148 valence electrons. The molecule has 2 fully saturated rings. The lowest BCUT2D eigenvalue weighted by molar-refractivity contribution is 0.0322. The van der Waals surface area contributed by atoms with Gasteiger partial charge in [0.05, 0.1) is 11.2 Å². The van der Waals surface area contributed by atoms with Crippen LogP contribution in [0.4, 0.5) is 5.69 Å². The van der Waals surface area contributed by atoms with Gasteiger partial charge in [-0.2, -0.15) is 5.26 Å². The zero-order valence-electron chi connectivity index (χ0n) is 16.7. The van der Waals surface area contributed by atoms with Gasteiger partial charge >= 0.3 is 0 Å². The number of nitriles is 1. The number of fused-ring (bicyclic) bond motifs is 1. The van der Waals surface area contributed by atoms with Crippen LogP contribution < -0.4 is 15.0 Å². The first-order valence-corrected chi connectivity index (χ1v) is 9.80. The molecule has 3 heterocycles. The first-order chi connectivity index (χ1) is 13.6. The Morgan fingerprint density at radius 1 is 1.21 bits per heavy atom. The summed E-state index contributed by atoms with van der Waals surface area (Å²) >= 11 is 0. The van der Waals surface area contributed by atoms with Crippen molar-refractivity contribution in [2.45, 2.75) is 25.2 Å². The number of methoxy groups -OCH3 is 1. The normalized spacial score (nSPS) is 25.8. The van der Waals surface area contributed by atoms with Gasteiger partial charge in [0.25, 0.3) is 0 Å². The number of anilines is 1. The van der Waals surface area contributed by atoms with E-state index in [1.807, 2.05) is 31.3 Å². The van der Waals surface area contributed by atoms with Crippen molar-refractivity contribution in [1.82, 2.24) is 15.2 Å². The average molecular weight is 381 g/mol. The first-order valence-electron chi connectivity index (χ1n) is 9.80. The third kappa shape index (κ3) is 3.51. The number of likely N-dealkylation sites (N-methyl/N-ethyl adjacent to an activating group) is 1. The molecule has 0 radical (unpaired) electrons. The van der Waals surface area contributed by atoms with Gasteiger partial charge in [-0.05, 0) is 20.0 Å². The number of ether oxygens (including phenoxy) is 2. The Morgan fingerprint density at radius 2 is 2.00 bits per heavy atom. The average Bonchev–Trinajstić information content (AvgIpc) is 3.06. The molecule has 2 saturated heterocycles. The fourth-order valence-corrected chi connectivity index (χ4v) is 4.23. The summed E-state index contributed by atoms with van der Waals surface area (Å²) in [6.45, 7) is 6.29. The SMILES string of the molecule is CO[C@@H]1CN(C)C[C@H]1Oc1nc2ccccc2c(N2CCN[C@H](C)C2)c1C#N. The number of nitrogens with zero attached hydrogens (tertiary/aromatic N) is 4. The number of benzene rings is 1. The van der Waals surface area contributed by atoms with Crippen LogP contribution >= 0.6 is 0 Å². The van der Waals surface area contributed by atoms with Gasteiger partial charge in [0, 0.05) is 51.3 Å². The lowest BCUT2D eigenvalue weighted by Gasteiger charge is -2.35. The number of para-hydroxylation sites is 1. The number of likely N-dealkylation sites (tertiary alicyclic amines) is 1. The van der Waals surface area contributed by atoms with Crippen LogP contribution in [0.15, 0.2) is 24.3 Å². The molecule has 0 saturated carbocycles. The quantitative estimate of drug-likeness (QED) is 0.862. The molecule has 2 aliphatic heterocycles. The van der Waals surface area contributed by atoms with Crippen LogP contribution in [0.5, 0.6) is 5.88 Å². The molecule has 7 heteroatoms. The van der Waals surface area contributed by atoms with Gasteiger partial charge < -0.3 is 19.7 Å². The Bertz CT molecular complexity index is 896. The highest BCUT2D eigenvalue weighted by Gasteiger charge is 2.34. The van der Waals surface area contributed by atoms with Crippen LogP contribution in [-0.4, -0.2) is 75.0 Å². The Labute approximate surface area is 165 Å². The molecule has 7 nitrogen and oxygen atoms in total. The summed E-state index contributed by atoms with van der Waals surface area (Å²) in [5, 5.41) is 14.5. The van der Waals surface area contributed by atoms with Crippen molar-refractivity contribution in [3.8, 4) is 11.9 Å². The molecule has 0 aliphatic carbocycles. The van der Waals surface area contributed by atoms with E-state index in [9.17, 15) is 5.26 Å². The van der Waals surface area contributed by atoms with Crippen molar-refractivity contribution in [1.29, 1.82) is 5.26 Å². The second-order valence-electron chi connectivity index (χ2n) is 7.72. The minimum Gasteiger partial charge on any atom is -0.469 e. The van der Waals surface area contributed by atoms with E-state index in [-0.39, 0.29) is 12.2 Å². The molecule has 1 aromatic heterocycles. The highest BCUT2D eigenvalue weighted by atomic mass is 16.5. The molecule has 1 aromatic carbocycles. The molecule has 2 aromatic rings. The summed E-state index contributed by atoms with van der Waals surface area (Å²) in [6, 6.07) is 10.7. The summed E-state index contributed by atoms with van der Waals surface area (Å²) in [6.07, 6.45) is -0.182. The summed E-state index contributed by atoms with van der Waals surface area (Å²) < 4.78 is 11.9. The number of hydrogen-bond acceptors (Lipinski definition) is 7. The zero-order chi connectivity index (χ0) is 19.7. The number of nitrogens with one attached hydrogen (secondary N) is 1. The van der Waals surface area contributed by atoms with Crippen LogP contribution in [0, 0.1) is 11.3 Å². The van der Waals surface area contributed by atoms with Gasteiger partial charge in [-0.15, -0.1) is 0 Å². The van der Waals surface area contributed by atoms with E-state index in [1.165, 1.54) is 0 Å². The van der Waals surface area contributed by atoms with Gasteiger partial charge in [-0.1, -0.05) is 18.2 Å². The molecule has 2 aliphatic rings. The zero-order valence-corrected chi connectivity index (χ0v) is 16.7. The first kappa shape index (κ1) is 18.9. The smallest absolute Gasteiger partial charge is 0.234 e. The van der Waals surface area contributed by atoms with Crippen LogP contribution in [0.1, 0.15) is 12.5 Å². The molecule has 1 N–H and O–H groups in total. The van der Waals surface area contributed by atoms with Crippen molar-refractivity contribution in [2.75, 3.05) is 51.8 Å². The van der Waals surface area contributed by atoms with Crippen molar-refractivity contribution < 1.29 is 9.47 Å². The van der Waals surface area contributed by atoms with E-state index >= 15 is 0 Å². The second kappa shape index (κ2) is 7.92. The van der Waals surface area contributed by atoms with Gasteiger partial charge in [0.15, 0.2) is 0 Å². The molecule has 0 amide bonds. The summed E-state index contributed by atoms with van der Waals surface area (Å²) in [7, 11) is 3.74. The number of hydrogen-bond donors (Lipinski definition) is 1. The Hall–Kier alpha value is -2.40. The number of piperazine rings is 1. The van der Waals surface area contributed by atoms with Gasteiger partial charge in [0.2, 0.25) is 5.88 Å². The predicted octanol–water partition coefficient (Wildman–Crippen LogP) is 1.61. The van der Waals surface area contributed by atoms with E-state index in [0.29, 0.717) is 17.5 Å². The third-order valence-electron chi connectivity index (χ3n) is 5.59. The van der Waals surface area contributed by atoms with E-state index in [4.69, 9.17) is 14.5 Å². The maximum Gasteiger partial charge on any atom is 0.234 e. The maximum absolute atomic E-state index is 10.1. The molecule has 0 spiro atoms. The Kier molecular flexibility index (Phi) is 5.36. The maximum atomic E-state index is 10.1. The van der Waals surface area contributed by atoms with E-state index in [1.54, 1.807) is 7.11 Å². The molecule has 28 heavy (non-hydrogen) atoms. The highest BCUT2D eigenvalue weighted by molar-refractivity contribution is 5.96. The Balaban J connectivity index is 1.80. The van der Waals surface area contributed by atoms with E-state index in [2.05, 4.69) is 28.1 Å². The largest absolute Gasteiger partial charge is 0.469 e. The number of pyridine rings is 1. The van der Waals surface area contributed by atoms with Crippen molar-refractivity contribution in [2.24, 2.45) is 0 Å². The van der Waals surface area contributed by atoms with Crippen LogP contribution in [0.2, 0.25) is 0 Å². The standard InChI is InChI=1S/C21H27N5O2/c1-14-11-26(9-8-23-14)20-15-6-4-5-7-17(15)24-21(16(20)10-22)28-19-13-25(2)12-18(19)27-3/h4-7,14,18-19,23H,8-9,11-13H2,1-3H3/t14-,18-,19-/m1/s1. The van der Waals surface area contributed by atoms with Crippen LogP contribution in [-0.2, 0) is 4.74 Å². The third-order valence-corrected chi connectivity index (χ3v) is 5.59. The Morgan fingerprint density at radius 3 is 2.75 bits per heavy atom. The van der Waals surface area contributed by atoms with Gasteiger partial charge in [0.1, 0.15) is 23.8 Å². The minimum absolute atomic E-state index is 0.0347. The van der Waals surface area contributed by atoms with Crippen LogP contribution in [0.25, 0.3) is 10.9 Å². The lowest BCUT2D eigenvalue weighted by Crippen LogP contribution is -2.49. The fraction of sp³-hybridized carbons (Fsp3) is 0.524. The summed E-state index contributed by atoms with van der Waals surface area (Å²) in [5.74, 6) is 0.407. The molecule has 4 rings (SSSR count). The molecule has 0 unspecified atom stereocenters. The number of rotatable bonds is 4. The summed E-state index contributed by atoms with van der Waals surface area (Å²) in [5.41, 5.74) is 2.28. The van der Waals surface area contributed by atoms with E-state index < -0.39 is 0 Å². The van der Waals surface area contributed by atoms with Crippen molar-refractivity contribution in [3.05, 3.63) is 29.8 Å². The molecule has 3 atom stereocenters. The molecular formula is C21H27N5O2.